The van der Waals surface area contributed by atoms with Gasteiger partial charge in [0.15, 0.2) is 0 Å². The molecule has 0 spiro atoms. The van der Waals surface area contributed by atoms with Crippen LogP contribution in [0.4, 0.5) is 10.5 Å². The molecule has 3 heterocycles. The number of amides is 2. The van der Waals surface area contributed by atoms with Crippen molar-refractivity contribution in [2.24, 2.45) is 0 Å². The number of hydrogen-bond acceptors (Lipinski definition) is 5. The summed E-state index contributed by atoms with van der Waals surface area (Å²) in [6, 6.07) is 6.14. The Labute approximate surface area is 148 Å². The molecule has 0 saturated carbocycles. The number of likely N-dealkylation sites (N-methyl/N-ethyl adjacent to an activating group) is 1. The molecule has 24 heavy (non-hydrogen) atoms. The van der Waals surface area contributed by atoms with Crippen LogP contribution in [0.2, 0.25) is 0 Å². The first-order valence-corrected chi connectivity index (χ1v) is 8.94. The predicted octanol–water partition coefficient (Wildman–Crippen LogP) is 2.64. The summed E-state index contributed by atoms with van der Waals surface area (Å²) in [6.07, 6.45) is 1.24. The number of fused-ring (bicyclic) bond motifs is 3. The zero-order valence-corrected chi connectivity index (χ0v) is 15.0. The molecule has 3 aliphatic rings. The lowest BCUT2D eigenvalue weighted by Crippen LogP contribution is -2.41. The minimum Gasteiger partial charge on any atom is -0.447 e. The fourth-order valence-electron chi connectivity index (χ4n) is 4.25. The summed E-state index contributed by atoms with van der Waals surface area (Å²) < 4.78 is 11.9. The van der Waals surface area contributed by atoms with Gasteiger partial charge in [-0.3, -0.25) is 4.79 Å². The van der Waals surface area contributed by atoms with E-state index in [4.69, 9.17) is 9.47 Å². The summed E-state index contributed by atoms with van der Waals surface area (Å²) in [5.74, 6) is -0.166. The Morgan fingerprint density at radius 1 is 1.42 bits per heavy atom. The standard InChI is InChI=1S/C17H19BrN2O4/c1-19-12-4-2-3-11(18)14(12)17(7-9-23-15(17)19)6-5-13(21)20-8-10-24-16(20)22/h2-4,15H,5-10H2,1H3. The van der Waals surface area contributed by atoms with Crippen LogP contribution in [-0.2, 0) is 19.7 Å². The van der Waals surface area contributed by atoms with Crippen LogP contribution in [0.3, 0.4) is 0 Å². The van der Waals surface area contributed by atoms with Crippen LogP contribution < -0.4 is 4.90 Å². The fraction of sp³-hybridized carbons (Fsp3) is 0.529. The lowest BCUT2D eigenvalue weighted by molar-refractivity contribution is -0.128. The minimum atomic E-state index is -0.526. The summed E-state index contributed by atoms with van der Waals surface area (Å²) in [6.45, 7) is 1.32. The quantitative estimate of drug-likeness (QED) is 0.788. The van der Waals surface area contributed by atoms with Gasteiger partial charge in [-0.2, -0.15) is 0 Å². The van der Waals surface area contributed by atoms with E-state index in [9.17, 15) is 9.59 Å². The van der Waals surface area contributed by atoms with E-state index < -0.39 is 6.09 Å². The van der Waals surface area contributed by atoms with Crippen molar-refractivity contribution in [1.29, 1.82) is 0 Å². The second-order valence-corrected chi connectivity index (χ2v) is 7.39. The molecular formula is C17H19BrN2O4. The maximum absolute atomic E-state index is 12.4. The first kappa shape index (κ1) is 15.9. The van der Waals surface area contributed by atoms with E-state index in [1.165, 1.54) is 10.5 Å². The maximum Gasteiger partial charge on any atom is 0.416 e. The van der Waals surface area contributed by atoms with Crippen LogP contribution in [0.5, 0.6) is 0 Å². The third-order valence-corrected chi connectivity index (χ3v) is 6.03. The van der Waals surface area contributed by atoms with Crippen LogP contribution >= 0.6 is 15.9 Å². The lowest BCUT2D eigenvalue weighted by atomic mass is 9.75. The van der Waals surface area contributed by atoms with Crippen LogP contribution in [0.25, 0.3) is 0 Å². The average molecular weight is 395 g/mol. The normalized spacial score (nSPS) is 28.1. The highest BCUT2D eigenvalue weighted by molar-refractivity contribution is 9.10. The fourth-order valence-corrected chi connectivity index (χ4v) is 5.00. The van der Waals surface area contributed by atoms with Gasteiger partial charge in [-0.15, -0.1) is 0 Å². The van der Waals surface area contributed by atoms with Crippen molar-refractivity contribution in [2.45, 2.75) is 30.9 Å². The van der Waals surface area contributed by atoms with Crippen molar-refractivity contribution < 1.29 is 19.1 Å². The van der Waals surface area contributed by atoms with Crippen molar-refractivity contribution in [1.82, 2.24) is 4.90 Å². The minimum absolute atomic E-state index is 0.0653. The van der Waals surface area contributed by atoms with Crippen molar-refractivity contribution in [3.05, 3.63) is 28.2 Å². The molecule has 6 nitrogen and oxygen atoms in total. The molecular weight excluding hydrogens is 376 g/mol. The van der Waals surface area contributed by atoms with Crippen LogP contribution in [0, 0.1) is 0 Å². The van der Waals surface area contributed by atoms with Gasteiger partial charge in [-0.05, 0) is 25.0 Å². The highest BCUT2D eigenvalue weighted by atomic mass is 79.9. The van der Waals surface area contributed by atoms with Gasteiger partial charge < -0.3 is 14.4 Å². The number of cyclic esters (lactones) is 1. The predicted molar refractivity (Wildman–Crippen MR) is 90.9 cm³/mol. The number of rotatable bonds is 3. The number of nitrogens with zero attached hydrogens (tertiary/aromatic N) is 2. The number of benzene rings is 1. The lowest BCUT2D eigenvalue weighted by Gasteiger charge is -2.31. The third kappa shape index (κ3) is 2.18. The molecule has 2 saturated heterocycles. The van der Waals surface area contributed by atoms with Gasteiger partial charge in [0.25, 0.3) is 0 Å². The third-order valence-electron chi connectivity index (χ3n) is 5.36. The monoisotopic (exact) mass is 394 g/mol. The molecule has 3 aliphatic heterocycles. The van der Waals surface area contributed by atoms with E-state index in [0.29, 0.717) is 32.6 Å². The molecule has 0 bridgehead atoms. The summed E-state index contributed by atoms with van der Waals surface area (Å²) in [5.41, 5.74) is 2.14. The summed E-state index contributed by atoms with van der Waals surface area (Å²) in [5, 5.41) is 0. The van der Waals surface area contributed by atoms with Gasteiger partial charge in [0, 0.05) is 34.6 Å². The van der Waals surface area contributed by atoms with Gasteiger partial charge in [-0.1, -0.05) is 22.0 Å². The molecule has 2 atom stereocenters. The Hall–Kier alpha value is -1.60. The maximum atomic E-state index is 12.4. The van der Waals surface area contributed by atoms with Crippen LogP contribution in [0.1, 0.15) is 24.8 Å². The summed E-state index contributed by atoms with van der Waals surface area (Å²) in [7, 11) is 2.03. The average Bonchev–Trinajstić information content (AvgIpc) is 3.23. The molecule has 1 aromatic carbocycles. The first-order valence-electron chi connectivity index (χ1n) is 8.15. The Morgan fingerprint density at radius 2 is 2.25 bits per heavy atom. The number of imide groups is 1. The zero-order chi connectivity index (χ0) is 16.9. The van der Waals surface area contributed by atoms with E-state index >= 15 is 0 Å². The van der Waals surface area contributed by atoms with Crippen LogP contribution in [0.15, 0.2) is 22.7 Å². The second-order valence-electron chi connectivity index (χ2n) is 6.53. The van der Waals surface area contributed by atoms with Gasteiger partial charge in [0.2, 0.25) is 5.91 Å². The SMILES string of the molecule is CN1c2cccc(Br)c2C2(CCC(=O)N3CCOC3=O)CCOC12. The molecule has 0 aromatic heterocycles. The molecule has 0 aliphatic carbocycles. The molecule has 1 aromatic rings. The number of anilines is 1. The molecule has 2 fully saturated rings. The Morgan fingerprint density at radius 3 is 3.00 bits per heavy atom. The topological polar surface area (TPSA) is 59.1 Å². The van der Waals surface area contributed by atoms with Crippen molar-refractivity contribution >= 4 is 33.6 Å². The molecule has 0 N–H and O–H groups in total. The van der Waals surface area contributed by atoms with Gasteiger partial charge in [0.05, 0.1) is 13.2 Å². The van der Waals surface area contributed by atoms with Crippen molar-refractivity contribution in [3.63, 3.8) is 0 Å². The number of ether oxygens (including phenoxy) is 2. The molecule has 128 valence electrons. The molecule has 0 radical (unpaired) electrons. The van der Waals surface area contributed by atoms with Crippen molar-refractivity contribution in [3.8, 4) is 0 Å². The van der Waals surface area contributed by atoms with Gasteiger partial charge >= 0.3 is 6.09 Å². The van der Waals surface area contributed by atoms with Gasteiger partial charge in [0.1, 0.15) is 12.8 Å². The van der Waals surface area contributed by atoms with E-state index in [0.717, 1.165) is 16.6 Å². The molecule has 2 unspecified atom stereocenters. The highest BCUT2D eigenvalue weighted by Crippen LogP contribution is 2.55. The summed E-state index contributed by atoms with van der Waals surface area (Å²) >= 11 is 3.68. The largest absolute Gasteiger partial charge is 0.447 e. The van der Waals surface area contributed by atoms with E-state index in [1.54, 1.807) is 0 Å². The Kier molecular flexibility index (Phi) is 3.80. The molecule has 7 heteroatoms. The Bertz CT molecular complexity index is 710. The van der Waals surface area contributed by atoms with E-state index in [2.05, 4.69) is 26.9 Å². The summed E-state index contributed by atoms with van der Waals surface area (Å²) in [4.78, 5) is 27.4. The molecule has 4 rings (SSSR count). The highest BCUT2D eigenvalue weighted by Gasteiger charge is 2.54. The Balaban J connectivity index is 1.62. The number of carbonyl (C=O) groups excluding carboxylic acids is 2. The molecule has 2 amide bonds. The smallest absolute Gasteiger partial charge is 0.416 e. The van der Waals surface area contributed by atoms with Gasteiger partial charge in [-0.25, -0.2) is 9.69 Å². The second kappa shape index (κ2) is 5.74. The van der Waals surface area contributed by atoms with Crippen LogP contribution in [-0.4, -0.2) is 49.9 Å². The number of halogens is 1. The van der Waals surface area contributed by atoms with E-state index in [1.807, 2.05) is 19.2 Å². The zero-order valence-electron chi connectivity index (χ0n) is 13.5. The number of carbonyl (C=O) groups is 2. The number of hydrogen-bond donors (Lipinski definition) is 0. The van der Waals surface area contributed by atoms with E-state index in [-0.39, 0.29) is 17.6 Å². The van der Waals surface area contributed by atoms with Crippen molar-refractivity contribution in [2.75, 3.05) is 31.7 Å². The first-order chi connectivity index (χ1) is 11.5.